The number of urea groups is 1. The van der Waals surface area contributed by atoms with Gasteiger partial charge in [0, 0.05) is 12.6 Å². The average molecular weight is 357 g/mol. The molecule has 1 unspecified atom stereocenters. The fourth-order valence-corrected chi connectivity index (χ4v) is 4.68. The summed E-state index contributed by atoms with van der Waals surface area (Å²) in [6.45, 7) is 1.28. The third kappa shape index (κ3) is 2.96. The van der Waals surface area contributed by atoms with E-state index < -0.39 is 5.54 Å². The van der Waals surface area contributed by atoms with Crippen LogP contribution in [0, 0.1) is 0 Å². The number of hydrogen-bond donors (Lipinski definition) is 1. The molecule has 1 saturated carbocycles. The van der Waals surface area contributed by atoms with E-state index >= 15 is 0 Å². The van der Waals surface area contributed by atoms with Crippen LogP contribution in [0.5, 0.6) is 5.75 Å². The second-order valence-corrected chi connectivity index (χ2v) is 7.69. The molecule has 2 saturated heterocycles. The Balaban J connectivity index is 1.48. The zero-order valence-corrected chi connectivity index (χ0v) is 15.4. The van der Waals surface area contributed by atoms with Crippen LogP contribution >= 0.6 is 0 Å². The fourth-order valence-electron chi connectivity index (χ4n) is 4.68. The Kier molecular flexibility index (Phi) is 4.61. The van der Waals surface area contributed by atoms with Gasteiger partial charge >= 0.3 is 6.03 Å². The average Bonchev–Trinajstić information content (AvgIpc) is 3.22. The summed E-state index contributed by atoms with van der Waals surface area (Å²) in [5.41, 5.74) is 0.577. The molecule has 3 aliphatic rings. The molecule has 1 atom stereocenters. The number of benzene rings is 1. The normalized spacial score (nSPS) is 25.7. The number of rotatable bonds is 4. The first-order valence-corrected chi connectivity index (χ1v) is 9.65. The number of nitrogens with zero attached hydrogens (tertiary/aromatic N) is 2. The first-order chi connectivity index (χ1) is 12.6. The summed E-state index contributed by atoms with van der Waals surface area (Å²) in [5, 5.41) is 3.01. The highest BCUT2D eigenvalue weighted by atomic mass is 16.5. The molecule has 1 aliphatic carbocycles. The van der Waals surface area contributed by atoms with E-state index in [1.54, 1.807) is 7.11 Å². The lowest BCUT2D eigenvalue weighted by Gasteiger charge is -2.32. The largest absolute Gasteiger partial charge is 0.497 e. The monoisotopic (exact) mass is 357 g/mol. The van der Waals surface area contributed by atoms with Crippen molar-refractivity contribution < 1.29 is 14.3 Å². The third-order valence-electron chi connectivity index (χ3n) is 6.14. The smallest absolute Gasteiger partial charge is 0.326 e. The van der Waals surface area contributed by atoms with Gasteiger partial charge in [0.15, 0.2) is 0 Å². The van der Waals surface area contributed by atoms with Crippen LogP contribution in [-0.2, 0) is 4.79 Å². The van der Waals surface area contributed by atoms with E-state index in [0.29, 0.717) is 6.67 Å². The molecule has 3 fully saturated rings. The Bertz CT molecular complexity index is 682. The standard InChI is InChI=1S/C20H27N3O3/c1-26-16-9-7-15(8-10-16)17-6-5-13-22(17)14-23-18(24)20(21-19(23)25)11-3-2-4-12-20/h7-10,17H,2-6,11-14H2,1H3,(H,21,25). The maximum Gasteiger partial charge on any atom is 0.326 e. The molecule has 1 aromatic carbocycles. The predicted molar refractivity (Wildman–Crippen MR) is 97.7 cm³/mol. The van der Waals surface area contributed by atoms with Crippen molar-refractivity contribution in [3.8, 4) is 5.75 Å². The van der Waals surface area contributed by atoms with E-state index in [0.717, 1.165) is 57.2 Å². The van der Waals surface area contributed by atoms with Gasteiger partial charge in [-0.2, -0.15) is 0 Å². The Morgan fingerprint density at radius 1 is 1.12 bits per heavy atom. The van der Waals surface area contributed by atoms with E-state index in [2.05, 4.69) is 22.3 Å². The van der Waals surface area contributed by atoms with Gasteiger partial charge in [0.05, 0.1) is 13.8 Å². The minimum Gasteiger partial charge on any atom is -0.497 e. The van der Waals surface area contributed by atoms with E-state index in [1.807, 2.05) is 12.1 Å². The van der Waals surface area contributed by atoms with Gasteiger partial charge in [-0.15, -0.1) is 0 Å². The molecule has 0 aromatic heterocycles. The highest BCUT2D eigenvalue weighted by molar-refractivity contribution is 6.07. The van der Waals surface area contributed by atoms with Gasteiger partial charge in [-0.1, -0.05) is 31.4 Å². The summed E-state index contributed by atoms with van der Waals surface area (Å²) in [5.74, 6) is 0.814. The van der Waals surface area contributed by atoms with Gasteiger partial charge in [0.25, 0.3) is 5.91 Å². The van der Waals surface area contributed by atoms with Crippen molar-refractivity contribution in [3.63, 3.8) is 0 Å². The molecule has 140 valence electrons. The summed E-state index contributed by atoms with van der Waals surface area (Å²) in [6, 6.07) is 8.11. The first kappa shape index (κ1) is 17.3. The van der Waals surface area contributed by atoms with Crippen molar-refractivity contribution in [2.24, 2.45) is 0 Å². The summed E-state index contributed by atoms with van der Waals surface area (Å²) < 4.78 is 5.24. The Morgan fingerprint density at radius 3 is 2.54 bits per heavy atom. The summed E-state index contributed by atoms with van der Waals surface area (Å²) in [6.07, 6.45) is 6.84. The number of carbonyl (C=O) groups excluding carboxylic acids is 2. The van der Waals surface area contributed by atoms with E-state index in [4.69, 9.17) is 4.74 Å². The Morgan fingerprint density at radius 2 is 1.85 bits per heavy atom. The van der Waals surface area contributed by atoms with Crippen molar-refractivity contribution in [2.75, 3.05) is 20.3 Å². The van der Waals surface area contributed by atoms with Gasteiger partial charge in [0.2, 0.25) is 0 Å². The van der Waals surface area contributed by atoms with E-state index in [9.17, 15) is 9.59 Å². The predicted octanol–water partition coefficient (Wildman–Crippen LogP) is 3.04. The van der Waals surface area contributed by atoms with Crippen molar-refractivity contribution in [1.29, 1.82) is 0 Å². The molecule has 26 heavy (non-hydrogen) atoms. The van der Waals surface area contributed by atoms with Gasteiger partial charge in [-0.25, -0.2) is 9.69 Å². The van der Waals surface area contributed by atoms with Gasteiger partial charge in [-0.3, -0.25) is 9.69 Å². The molecular formula is C20H27N3O3. The molecule has 2 aliphatic heterocycles. The van der Waals surface area contributed by atoms with Crippen molar-refractivity contribution in [2.45, 2.75) is 56.5 Å². The summed E-state index contributed by atoms with van der Waals surface area (Å²) in [7, 11) is 1.66. The second kappa shape index (κ2) is 6.91. The second-order valence-electron chi connectivity index (χ2n) is 7.69. The highest BCUT2D eigenvalue weighted by Gasteiger charge is 2.51. The number of nitrogens with one attached hydrogen (secondary N) is 1. The van der Waals surface area contributed by atoms with Gasteiger partial charge < -0.3 is 10.1 Å². The zero-order chi connectivity index (χ0) is 18.1. The summed E-state index contributed by atoms with van der Waals surface area (Å²) >= 11 is 0. The maximum atomic E-state index is 13.0. The van der Waals surface area contributed by atoms with E-state index in [1.165, 1.54) is 10.5 Å². The minimum atomic E-state index is -0.634. The number of amides is 3. The molecule has 6 nitrogen and oxygen atoms in total. The lowest BCUT2D eigenvalue weighted by molar-refractivity contribution is -0.134. The van der Waals surface area contributed by atoms with E-state index in [-0.39, 0.29) is 18.0 Å². The van der Waals surface area contributed by atoms with Crippen LogP contribution in [0.25, 0.3) is 0 Å². The van der Waals surface area contributed by atoms with Crippen molar-refractivity contribution in [1.82, 2.24) is 15.1 Å². The third-order valence-corrected chi connectivity index (χ3v) is 6.14. The lowest BCUT2D eigenvalue weighted by atomic mass is 9.82. The van der Waals surface area contributed by atoms with Crippen LogP contribution in [0.4, 0.5) is 4.79 Å². The SMILES string of the molecule is COc1ccc(C2CCCN2CN2C(=O)NC3(CCCCC3)C2=O)cc1. The number of likely N-dealkylation sites (tertiary alicyclic amines) is 1. The highest BCUT2D eigenvalue weighted by Crippen LogP contribution is 2.36. The molecule has 1 aromatic rings. The van der Waals surface area contributed by atoms with Gasteiger partial charge in [0.1, 0.15) is 11.3 Å². The number of ether oxygens (including phenoxy) is 1. The maximum absolute atomic E-state index is 13.0. The first-order valence-electron chi connectivity index (χ1n) is 9.65. The van der Waals surface area contributed by atoms with Crippen LogP contribution in [0.1, 0.15) is 56.6 Å². The molecular weight excluding hydrogens is 330 g/mol. The molecule has 2 heterocycles. The quantitative estimate of drug-likeness (QED) is 0.842. The van der Waals surface area contributed by atoms with Crippen LogP contribution in [0.2, 0.25) is 0 Å². The lowest BCUT2D eigenvalue weighted by Crippen LogP contribution is -2.49. The molecule has 1 N–H and O–H groups in total. The number of hydrogen-bond acceptors (Lipinski definition) is 4. The number of imide groups is 1. The van der Waals surface area contributed by atoms with Crippen molar-refractivity contribution >= 4 is 11.9 Å². The topological polar surface area (TPSA) is 61.9 Å². The Hall–Kier alpha value is -2.08. The van der Waals surface area contributed by atoms with Crippen LogP contribution in [0.15, 0.2) is 24.3 Å². The molecule has 4 rings (SSSR count). The van der Waals surface area contributed by atoms with Crippen LogP contribution < -0.4 is 10.1 Å². The van der Waals surface area contributed by atoms with Crippen molar-refractivity contribution in [3.05, 3.63) is 29.8 Å². The Labute approximate surface area is 154 Å². The summed E-state index contributed by atoms with van der Waals surface area (Å²) in [4.78, 5) is 29.2. The molecule has 3 amide bonds. The van der Waals surface area contributed by atoms with Crippen LogP contribution in [-0.4, -0.2) is 47.6 Å². The zero-order valence-electron chi connectivity index (χ0n) is 15.4. The van der Waals surface area contributed by atoms with Gasteiger partial charge in [-0.05, 0) is 43.4 Å². The molecule has 0 radical (unpaired) electrons. The molecule has 0 bridgehead atoms. The molecule has 6 heteroatoms. The minimum absolute atomic E-state index is 0.0254. The molecule has 1 spiro atoms. The number of carbonyl (C=O) groups is 2. The fraction of sp³-hybridized carbons (Fsp3) is 0.600. The number of methoxy groups -OCH3 is 1. The van der Waals surface area contributed by atoms with Crippen LogP contribution in [0.3, 0.4) is 0 Å².